The molecule has 2 atom stereocenters. The SMILES string of the molecule is CN(CC(O)COCC(Cl)CCl)S(=O)(=O)[O-].[K+]. The third kappa shape index (κ3) is 11.5. The summed E-state index contributed by atoms with van der Waals surface area (Å²) in [5.41, 5.74) is 0. The fourth-order valence-corrected chi connectivity index (χ4v) is 1.35. The molecule has 0 heterocycles. The molecule has 0 saturated heterocycles. The molecule has 6 nitrogen and oxygen atoms in total. The van der Waals surface area contributed by atoms with Gasteiger partial charge in [-0.1, -0.05) is 0 Å². The summed E-state index contributed by atoms with van der Waals surface area (Å²) in [6, 6.07) is 0. The minimum Gasteiger partial charge on any atom is -0.735 e. The van der Waals surface area contributed by atoms with Gasteiger partial charge in [0.25, 0.3) is 0 Å². The molecular weight excluding hydrogens is 320 g/mol. The molecule has 0 radical (unpaired) electrons. The second-order valence-electron chi connectivity index (χ2n) is 3.18. The van der Waals surface area contributed by atoms with Crippen molar-refractivity contribution in [2.75, 3.05) is 32.7 Å². The molecule has 0 aromatic heterocycles. The second kappa shape index (κ2) is 10.8. The Morgan fingerprint density at radius 2 is 2.00 bits per heavy atom. The van der Waals surface area contributed by atoms with Crippen LogP contribution in [0.1, 0.15) is 0 Å². The van der Waals surface area contributed by atoms with Gasteiger partial charge in [0.2, 0.25) is 0 Å². The van der Waals surface area contributed by atoms with Crippen LogP contribution in [0.5, 0.6) is 0 Å². The molecule has 10 heteroatoms. The van der Waals surface area contributed by atoms with Gasteiger partial charge < -0.3 is 14.4 Å². The van der Waals surface area contributed by atoms with Crippen molar-refractivity contribution >= 4 is 33.5 Å². The molecule has 1 N–H and O–H groups in total. The zero-order valence-electron chi connectivity index (χ0n) is 9.67. The minimum atomic E-state index is -4.52. The van der Waals surface area contributed by atoms with Crippen molar-refractivity contribution in [3.63, 3.8) is 0 Å². The monoisotopic (exact) mass is 333 g/mol. The van der Waals surface area contributed by atoms with Gasteiger partial charge in [-0.3, -0.25) is 0 Å². The van der Waals surface area contributed by atoms with Crippen molar-refractivity contribution < 1.29 is 74.2 Å². The number of alkyl halides is 2. The molecule has 0 aliphatic heterocycles. The van der Waals surface area contributed by atoms with E-state index < -0.39 is 16.4 Å². The van der Waals surface area contributed by atoms with Crippen LogP contribution in [-0.4, -0.2) is 66.5 Å². The summed E-state index contributed by atoms with van der Waals surface area (Å²) >= 11 is 11.0. The number of halogens is 2. The number of ether oxygens (including phenoxy) is 1. The molecule has 0 bridgehead atoms. The average Bonchev–Trinajstić information content (AvgIpc) is 2.15. The Morgan fingerprint density at radius 3 is 2.41 bits per heavy atom. The zero-order chi connectivity index (χ0) is 12.8. The third-order valence-electron chi connectivity index (χ3n) is 1.63. The Balaban J connectivity index is 0. The molecule has 0 amide bonds. The maximum absolute atomic E-state index is 10.5. The number of aliphatic hydroxyl groups is 1. The summed E-state index contributed by atoms with van der Waals surface area (Å²) in [6.07, 6.45) is -1.08. The predicted octanol–water partition coefficient (Wildman–Crippen LogP) is -3.39. The van der Waals surface area contributed by atoms with Crippen LogP contribution in [0.3, 0.4) is 0 Å². The first-order valence-corrected chi connectivity index (χ1v) is 6.74. The van der Waals surface area contributed by atoms with Crippen LogP contribution in [0.25, 0.3) is 0 Å². The van der Waals surface area contributed by atoms with Gasteiger partial charge in [-0.25, -0.2) is 12.7 Å². The first kappa shape index (κ1) is 21.3. The molecule has 0 fully saturated rings. The van der Waals surface area contributed by atoms with Crippen LogP contribution in [0.15, 0.2) is 0 Å². The quantitative estimate of drug-likeness (QED) is 0.284. The van der Waals surface area contributed by atoms with Gasteiger partial charge in [-0.2, -0.15) is 0 Å². The number of nitrogens with zero attached hydrogens (tertiary/aromatic N) is 1. The summed E-state index contributed by atoms with van der Waals surface area (Å²) < 4.78 is 36.9. The van der Waals surface area contributed by atoms with Crippen molar-refractivity contribution in [1.82, 2.24) is 4.31 Å². The van der Waals surface area contributed by atoms with E-state index in [1.165, 1.54) is 0 Å². The molecule has 0 rings (SSSR count). The maximum Gasteiger partial charge on any atom is 1.00 e. The maximum atomic E-state index is 10.5. The molecule has 2 unspecified atom stereocenters. The summed E-state index contributed by atoms with van der Waals surface area (Å²) in [5.74, 6) is 0.215. The molecule has 98 valence electrons. The summed E-state index contributed by atoms with van der Waals surface area (Å²) in [6.45, 7) is -0.282. The van der Waals surface area contributed by atoms with Crippen LogP contribution in [0.4, 0.5) is 0 Å². The Morgan fingerprint density at radius 1 is 1.47 bits per heavy atom. The molecule has 0 saturated carbocycles. The normalized spacial score (nSPS) is 15.4. The standard InChI is InChI=1S/C7H15Cl2NO5S.K/c1-10(16(12,13)14)3-7(11)5-15-4-6(9)2-8;/h6-7,11H,2-5H2,1H3,(H,12,13,14);/q;+1/p-1. The Bertz CT molecular complexity index is 292. The number of hydrogen-bond donors (Lipinski definition) is 1. The summed E-state index contributed by atoms with van der Waals surface area (Å²) in [7, 11) is -3.45. The summed E-state index contributed by atoms with van der Waals surface area (Å²) in [4.78, 5) is 0. The molecular formula is C7H14Cl2KNO5S. The zero-order valence-corrected chi connectivity index (χ0v) is 15.1. The molecule has 0 aromatic carbocycles. The van der Waals surface area contributed by atoms with E-state index in [1.807, 2.05) is 0 Å². The van der Waals surface area contributed by atoms with Gasteiger partial charge in [0, 0.05) is 19.5 Å². The molecule has 0 aromatic rings. The number of likely N-dealkylation sites (N-methyl/N-ethyl adjacent to an activating group) is 1. The largest absolute Gasteiger partial charge is 1.00 e. The van der Waals surface area contributed by atoms with E-state index in [0.717, 1.165) is 7.05 Å². The van der Waals surface area contributed by atoms with Crippen molar-refractivity contribution in [3.05, 3.63) is 0 Å². The van der Waals surface area contributed by atoms with E-state index in [9.17, 15) is 18.1 Å². The van der Waals surface area contributed by atoms with E-state index in [4.69, 9.17) is 27.9 Å². The van der Waals surface area contributed by atoms with Gasteiger partial charge in [-0.15, -0.1) is 23.2 Å². The molecule has 0 aliphatic rings. The first-order chi connectivity index (χ1) is 7.27. The van der Waals surface area contributed by atoms with E-state index in [0.29, 0.717) is 4.31 Å². The number of rotatable bonds is 8. The van der Waals surface area contributed by atoms with Crippen molar-refractivity contribution in [1.29, 1.82) is 0 Å². The van der Waals surface area contributed by atoms with Gasteiger partial charge in [-0.05, 0) is 0 Å². The Labute approximate surface area is 154 Å². The fraction of sp³-hybridized carbons (Fsp3) is 1.00. The van der Waals surface area contributed by atoms with Crippen LogP contribution in [0.2, 0.25) is 0 Å². The third-order valence-corrected chi connectivity index (χ3v) is 3.35. The van der Waals surface area contributed by atoms with E-state index in [2.05, 4.69) is 0 Å². The van der Waals surface area contributed by atoms with Gasteiger partial charge >= 0.3 is 51.4 Å². The Kier molecular flexibility index (Phi) is 13.5. The van der Waals surface area contributed by atoms with Crippen LogP contribution in [0, 0.1) is 0 Å². The van der Waals surface area contributed by atoms with Gasteiger partial charge in [0.05, 0.1) is 24.7 Å². The number of aliphatic hydroxyl groups excluding tert-OH is 1. The molecule has 17 heavy (non-hydrogen) atoms. The van der Waals surface area contributed by atoms with E-state index in [-0.39, 0.29) is 82.4 Å². The number of hydrogen-bond acceptors (Lipinski definition) is 5. The molecule has 0 aliphatic carbocycles. The summed E-state index contributed by atoms with van der Waals surface area (Å²) in [5, 5.41) is 8.96. The van der Waals surface area contributed by atoms with Gasteiger partial charge in [0.1, 0.15) is 0 Å². The van der Waals surface area contributed by atoms with E-state index >= 15 is 0 Å². The van der Waals surface area contributed by atoms with Crippen molar-refractivity contribution in [2.45, 2.75) is 11.5 Å². The van der Waals surface area contributed by atoms with Crippen molar-refractivity contribution in [2.24, 2.45) is 0 Å². The Hall–Kier alpha value is 2.01. The van der Waals surface area contributed by atoms with Crippen LogP contribution < -0.4 is 51.4 Å². The second-order valence-corrected chi connectivity index (χ2v) is 5.59. The topological polar surface area (TPSA) is 89.9 Å². The fourth-order valence-electron chi connectivity index (χ4n) is 0.817. The average molecular weight is 334 g/mol. The predicted molar refractivity (Wildman–Crippen MR) is 59.5 cm³/mol. The van der Waals surface area contributed by atoms with Gasteiger partial charge in [0.15, 0.2) is 10.3 Å². The minimum absolute atomic E-state index is 0. The van der Waals surface area contributed by atoms with Crippen molar-refractivity contribution in [3.8, 4) is 0 Å². The van der Waals surface area contributed by atoms with Crippen LogP contribution >= 0.6 is 23.2 Å². The molecule has 0 spiro atoms. The first-order valence-electron chi connectivity index (χ1n) is 4.40. The van der Waals surface area contributed by atoms with E-state index in [1.54, 1.807) is 0 Å². The smallest absolute Gasteiger partial charge is 0.735 e. The van der Waals surface area contributed by atoms with Crippen LogP contribution in [-0.2, 0) is 15.0 Å².